The molecule has 0 unspecified atom stereocenters. The third-order valence-corrected chi connectivity index (χ3v) is 4.05. The van der Waals surface area contributed by atoms with Crippen LogP contribution >= 0.6 is 11.8 Å². The molecule has 0 amide bonds. The summed E-state index contributed by atoms with van der Waals surface area (Å²) in [4.78, 5) is 0. The highest BCUT2D eigenvalue weighted by molar-refractivity contribution is 7.99. The lowest BCUT2D eigenvalue weighted by molar-refractivity contribution is -0.138. The fourth-order valence-corrected chi connectivity index (χ4v) is 1.78. The number of hydrogen-bond acceptors (Lipinski definition) is 2. The molecule has 0 saturated heterocycles. The van der Waals surface area contributed by atoms with Crippen molar-refractivity contribution in [1.29, 1.82) is 0 Å². The van der Waals surface area contributed by atoms with E-state index in [0.717, 1.165) is 6.07 Å². The van der Waals surface area contributed by atoms with Gasteiger partial charge in [0, 0.05) is 17.8 Å². The van der Waals surface area contributed by atoms with E-state index in [2.05, 4.69) is 5.32 Å². The van der Waals surface area contributed by atoms with E-state index in [4.69, 9.17) is 0 Å². The van der Waals surface area contributed by atoms with Gasteiger partial charge in [0.2, 0.25) is 0 Å². The molecular formula is C13H17F4NS. The molecule has 0 spiro atoms. The van der Waals surface area contributed by atoms with Crippen LogP contribution in [0.15, 0.2) is 18.2 Å². The summed E-state index contributed by atoms with van der Waals surface area (Å²) in [6, 6.07) is 2.76. The van der Waals surface area contributed by atoms with Gasteiger partial charge in [-0.3, -0.25) is 0 Å². The Morgan fingerprint density at radius 1 is 1.21 bits per heavy atom. The van der Waals surface area contributed by atoms with Crippen LogP contribution in [0.2, 0.25) is 0 Å². The first-order valence-corrected chi connectivity index (χ1v) is 7.00. The molecule has 6 heteroatoms. The Hall–Kier alpha value is -0.750. The van der Waals surface area contributed by atoms with Crippen LogP contribution in [0.5, 0.6) is 0 Å². The molecule has 0 aliphatic carbocycles. The fraction of sp³-hybridized carbons (Fsp3) is 0.538. The van der Waals surface area contributed by atoms with E-state index in [1.807, 2.05) is 20.1 Å². The summed E-state index contributed by atoms with van der Waals surface area (Å²) in [6.07, 6.45) is -2.59. The van der Waals surface area contributed by atoms with Gasteiger partial charge in [-0.2, -0.15) is 24.9 Å². The highest BCUT2D eigenvalue weighted by atomic mass is 32.2. The van der Waals surface area contributed by atoms with Gasteiger partial charge in [0.25, 0.3) is 0 Å². The van der Waals surface area contributed by atoms with Crippen molar-refractivity contribution >= 4 is 11.8 Å². The van der Waals surface area contributed by atoms with E-state index in [9.17, 15) is 17.6 Å². The van der Waals surface area contributed by atoms with Crippen LogP contribution in [0.1, 0.15) is 25.0 Å². The van der Waals surface area contributed by atoms with Crippen molar-refractivity contribution in [3.8, 4) is 0 Å². The summed E-state index contributed by atoms with van der Waals surface area (Å²) in [5.41, 5.74) is -0.854. The molecule has 108 valence electrons. The highest BCUT2D eigenvalue weighted by Gasteiger charge is 2.33. The topological polar surface area (TPSA) is 12.0 Å². The maximum Gasteiger partial charge on any atom is 0.416 e. The second kappa shape index (κ2) is 6.13. The summed E-state index contributed by atoms with van der Waals surface area (Å²) in [6.45, 7) is 4.64. The molecule has 1 nitrogen and oxygen atoms in total. The lowest BCUT2D eigenvalue weighted by Crippen LogP contribution is -2.32. The lowest BCUT2D eigenvalue weighted by atomic mass is 10.1. The second-order valence-electron chi connectivity index (χ2n) is 4.87. The Balaban J connectivity index is 2.79. The Labute approximate surface area is 114 Å². The third kappa shape index (κ3) is 5.03. The average molecular weight is 295 g/mol. The van der Waals surface area contributed by atoms with Crippen molar-refractivity contribution in [3.63, 3.8) is 0 Å². The minimum Gasteiger partial charge on any atom is -0.311 e. The Kier molecular flexibility index (Phi) is 5.26. The van der Waals surface area contributed by atoms with Crippen LogP contribution in [0, 0.1) is 5.82 Å². The number of nitrogens with one attached hydrogen (secondary N) is 1. The van der Waals surface area contributed by atoms with Crippen LogP contribution < -0.4 is 5.32 Å². The Morgan fingerprint density at radius 3 is 2.37 bits per heavy atom. The quantitative estimate of drug-likeness (QED) is 0.822. The Morgan fingerprint density at radius 2 is 1.84 bits per heavy atom. The van der Waals surface area contributed by atoms with Gasteiger partial charge < -0.3 is 5.32 Å². The number of rotatable bonds is 5. The first kappa shape index (κ1) is 16.3. The minimum absolute atomic E-state index is 0.0571. The summed E-state index contributed by atoms with van der Waals surface area (Å²) in [5, 5.41) is 2.98. The number of alkyl halides is 3. The van der Waals surface area contributed by atoms with Crippen molar-refractivity contribution < 1.29 is 17.6 Å². The zero-order valence-electron chi connectivity index (χ0n) is 11.1. The van der Waals surface area contributed by atoms with Gasteiger partial charge >= 0.3 is 6.18 Å². The largest absolute Gasteiger partial charge is 0.416 e. The van der Waals surface area contributed by atoms with Gasteiger partial charge in [-0.1, -0.05) is 6.07 Å². The molecule has 0 bridgehead atoms. The molecule has 1 aromatic rings. The standard InChI is InChI=1S/C13H17F4NS/c1-12(2,19-3)8-18-7-9-4-5-10(14)6-11(9)13(15,16)17/h4-6,18H,7-8H2,1-3H3. The number of thioether (sulfide) groups is 1. The van der Waals surface area contributed by atoms with Crippen LogP contribution in [0.3, 0.4) is 0 Å². The predicted octanol–water partition coefficient (Wildman–Crippen LogP) is 4.08. The van der Waals surface area contributed by atoms with Crippen molar-refractivity contribution in [1.82, 2.24) is 5.32 Å². The molecule has 19 heavy (non-hydrogen) atoms. The smallest absolute Gasteiger partial charge is 0.311 e. The summed E-state index contributed by atoms with van der Waals surface area (Å²) in [7, 11) is 0. The third-order valence-electron chi connectivity index (χ3n) is 2.80. The summed E-state index contributed by atoms with van der Waals surface area (Å²) < 4.78 is 51.1. The molecule has 0 heterocycles. The zero-order valence-corrected chi connectivity index (χ0v) is 11.9. The van der Waals surface area contributed by atoms with E-state index in [-0.39, 0.29) is 16.9 Å². The van der Waals surface area contributed by atoms with Gasteiger partial charge in [-0.25, -0.2) is 4.39 Å². The number of benzene rings is 1. The molecule has 0 aromatic heterocycles. The van der Waals surface area contributed by atoms with Crippen LogP contribution in [0.4, 0.5) is 17.6 Å². The predicted molar refractivity (Wildman–Crippen MR) is 70.7 cm³/mol. The van der Waals surface area contributed by atoms with Crippen molar-refractivity contribution in [3.05, 3.63) is 35.1 Å². The first-order chi connectivity index (χ1) is 8.65. The van der Waals surface area contributed by atoms with Crippen molar-refractivity contribution in [2.24, 2.45) is 0 Å². The molecule has 1 aromatic carbocycles. The summed E-state index contributed by atoms with van der Waals surface area (Å²) in [5.74, 6) is -0.875. The van der Waals surface area contributed by atoms with Crippen molar-refractivity contribution in [2.45, 2.75) is 31.3 Å². The van der Waals surface area contributed by atoms with Crippen LogP contribution in [-0.4, -0.2) is 17.5 Å². The van der Waals surface area contributed by atoms with E-state index in [1.165, 1.54) is 6.07 Å². The molecule has 0 aliphatic heterocycles. The van der Waals surface area contributed by atoms with Crippen LogP contribution in [-0.2, 0) is 12.7 Å². The minimum atomic E-state index is -4.53. The van der Waals surface area contributed by atoms with Crippen LogP contribution in [0.25, 0.3) is 0 Å². The van der Waals surface area contributed by atoms with Gasteiger partial charge in [0.05, 0.1) is 5.56 Å². The number of halogens is 4. The lowest BCUT2D eigenvalue weighted by Gasteiger charge is -2.23. The molecule has 0 aliphatic rings. The monoisotopic (exact) mass is 295 g/mol. The molecule has 1 rings (SSSR count). The molecule has 0 fully saturated rings. The van der Waals surface area contributed by atoms with E-state index in [0.29, 0.717) is 12.6 Å². The van der Waals surface area contributed by atoms with Crippen molar-refractivity contribution in [2.75, 3.05) is 12.8 Å². The maximum absolute atomic E-state index is 12.9. The SMILES string of the molecule is CSC(C)(C)CNCc1ccc(F)cc1C(F)(F)F. The highest BCUT2D eigenvalue weighted by Crippen LogP contribution is 2.32. The molecule has 0 atom stereocenters. The van der Waals surface area contributed by atoms with Gasteiger partial charge in [-0.05, 0) is 37.8 Å². The molecule has 0 saturated carbocycles. The Bertz CT molecular complexity index is 429. The molecule has 1 N–H and O–H groups in total. The fourth-order valence-electron chi connectivity index (χ4n) is 1.54. The van der Waals surface area contributed by atoms with E-state index in [1.54, 1.807) is 11.8 Å². The first-order valence-electron chi connectivity index (χ1n) is 5.77. The molecular weight excluding hydrogens is 278 g/mol. The number of hydrogen-bond donors (Lipinski definition) is 1. The van der Waals surface area contributed by atoms with Gasteiger partial charge in [0.15, 0.2) is 0 Å². The van der Waals surface area contributed by atoms with Gasteiger partial charge in [-0.15, -0.1) is 0 Å². The van der Waals surface area contributed by atoms with Gasteiger partial charge in [0.1, 0.15) is 5.82 Å². The summed E-state index contributed by atoms with van der Waals surface area (Å²) >= 11 is 1.63. The van der Waals surface area contributed by atoms with E-state index < -0.39 is 17.6 Å². The maximum atomic E-state index is 12.9. The average Bonchev–Trinajstić information content (AvgIpc) is 2.29. The zero-order chi connectivity index (χ0) is 14.7. The molecule has 0 radical (unpaired) electrons. The normalized spacial score (nSPS) is 12.8. The second-order valence-corrected chi connectivity index (χ2v) is 6.38. The van der Waals surface area contributed by atoms with E-state index >= 15 is 0 Å².